The molecule has 0 bridgehead atoms. The second-order valence-corrected chi connectivity index (χ2v) is 14.8. The summed E-state index contributed by atoms with van der Waals surface area (Å²) in [5.74, 6) is 0. The van der Waals surface area contributed by atoms with Crippen molar-refractivity contribution in [3.63, 3.8) is 0 Å². The monoisotopic (exact) mass is 420 g/mol. The zero-order valence-corrected chi connectivity index (χ0v) is 18.4. The predicted molar refractivity (Wildman–Crippen MR) is 102 cm³/mol. The first-order chi connectivity index (χ1) is 12.2. The molecule has 1 aliphatic rings. The van der Waals surface area contributed by atoms with Crippen LogP contribution in [0.4, 0.5) is 4.39 Å². The van der Waals surface area contributed by atoms with Gasteiger partial charge in [0.2, 0.25) is 0 Å². The summed E-state index contributed by atoms with van der Waals surface area (Å²) < 4.78 is 55.5. The standard InChI is InChI=1S/C18H29FO6SSi/c1-12-7-9-13(10-8-12)26(21,22)25-16-15(19)14(24-17(16)20)11-23-27(5,6)18(2,3)4/h7-10,14-17,20H,11H2,1-6H3/t14-,15-,16+,17+/m1/s1. The first kappa shape index (κ1) is 22.4. The lowest BCUT2D eigenvalue weighted by Crippen LogP contribution is -2.44. The molecule has 1 fully saturated rings. The lowest BCUT2D eigenvalue weighted by atomic mass is 10.2. The van der Waals surface area contributed by atoms with E-state index < -0.39 is 43.1 Å². The van der Waals surface area contributed by atoms with Gasteiger partial charge >= 0.3 is 0 Å². The third kappa shape index (κ3) is 5.15. The van der Waals surface area contributed by atoms with Crippen molar-refractivity contribution in [2.24, 2.45) is 0 Å². The van der Waals surface area contributed by atoms with E-state index in [1.54, 1.807) is 12.1 Å². The van der Waals surface area contributed by atoms with E-state index in [1.165, 1.54) is 12.1 Å². The largest absolute Gasteiger partial charge is 0.414 e. The molecule has 1 heterocycles. The number of hydrogen-bond donors (Lipinski definition) is 1. The Morgan fingerprint density at radius 2 is 1.78 bits per heavy atom. The van der Waals surface area contributed by atoms with Crippen molar-refractivity contribution < 1.29 is 31.3 Å². The number of ether oxygens (including phenoxy) is 1. The molecule has 0 aliphatic carbocycles. The SMILES string of the molecule is Cc1ccc(S(=O)(=O)O[C@H]2[C@H](F)[C@@H](CO[Si](C)(C)C(C)(C)C)O[C@@H]2O)cc1. The fourth-order valence-electron chi connectivity index (χ4n) is 2.35. The van der Waals surface area contributed by atoms with Gasteiger partial charge in [-0.05, 0) is 37.2 Å². The topological polar surface area (TPSA) is 82.1 Å². The fraction of sp³-hybridized carbons (Fsp3) is 0.667. The third-order valence-electron chi connectivity index (χ3n) is 5.23. The summed E-state index contributed by atoms with van der Waals surface area (Å²) >= 11 is 0. The molecule has 0 saturated carbocycles. The van der Waals surface area contributed by atoms with Gasteiger partial charge in [0.05, 0.1) is 11.5 Å². The minimum atomic E-state index is -4.23. The van der Waals surface area contributed by atoms with Gasteiger partial charge in [0, 0.05) is 0 Å². The van der Waals surface area contributed by atoms with E-state index in [-0.39, 0.29) is 16.5 Å². The van der Waals surface area contributed by atoms with E-state index >= 15 is 0 Å². The molecule has 0 spiro atoms. The molecule has 1 aromatic rings. The van der Waals surface area contributed by atoms with Crippen molar-refractivity contribution >= 4 is 18.4 Å². The van der Waals surface area contributed by atoms with Crippen molar-refractivity contribution in [3.05, 3.63) is 29.8 Å². The molecule has 0 aromatic heterocycles. The summed E-state index contributed by atoms with van der Waals surface area (Å²) in [7, 11) is -6.37. The van der Waals surface area contributed by atoms with Gasteiger partial charge < -0.3 is 14.3 Å². The van der Waals surface area contributed by atoms with Crippen molar-refractivity contribution in [1.82, 2.24) is 0 Å². The second kappa shape index (κ2) is 7.88. The molecule has 4 atom stereocenters. The molecule has 1 aromatic carbocycles. The Balaban J connectivity index is 2.06. The van der Waals surface area contributed by atoms with Gasteiger partial charge in [-0.15, -0.1) is 0 Å². The Labute approximate surface area is 161 Å². The Hall–Kier alpha value is -0.843. The highest BCUT2D eigenvalue weighted by molar-refractivity contribution is 7.86. The molecular formula is C18H29FO6SSi. The maximum Gasteiger partial charge on any atom is 0.297 e. The Bertz CT molecular complexity index is 744. The van der Waals surface area contributed by atoms with Crippen LogP contribution in [-0.4, -0.2) is 53.1 Å². The minimum Gasteiger partial charge on any atom is -0.414 e. The predicted octanol–water partition coefficient (Wildman–Crippen LogP) is 3.15. The van der Waals surface area contributed by atoms with E-state index in [0.29, 0.717) is 0 Å². The molecule has 154 valence electrons. The quantitative estimate of drug-likeness (QED) is 0.562. The van der Waals surface area contributed by atoms with Crippen molar-refractivity contribution in [3.8, 4) is 0 Å². The van der Waals surface area contributed by atoms with Crippen LogP contribution < -0.4 is 0 Å². The van der Waals surface area contributed by atoms with Crippen LogP contribution in [0.15, 0.2) is 29.2 Å². The highest BCUT2D eigenvalue weighted by atomic mass is 32.2. The number of aliphatic hydroxyl groups is 1. The lowest BCUT2D eigenvalue weighted by molar-refractivity contribution is -0.126. The smallest absolute Gasteiger partial charge is 0.297 e. The molecule has 1 aliphatic heterocycles. The number of hydrogen-bond acceptors (Lipinski definition) is 6. The highest BCUT2D eigenvalue weighted by Gasteiger charge is 2.49. The first-order valence-corrected chi connectivity index (χ1v) is 13.2. The highest BCUT2D eigenvalue weighted by Crippen LogP contribution is 2.37. The van der Waals surface area contributed by atoms with Gasteiger partial charge in [-0.2, -0.15) is 8.42 Å². The van der Waals surface area contributed by atoms with Crippen LogP contribution in [0.1, 0.15) is 26.3 Å². The number of alkyl halides is 1. The summed E-state index contributed by atoms with van der Waals surface area (Å²) in [6, 6.07) is 5.97. The number of benzene rings is 1. The van der Waals surface area contributed by atoms with Crippen LogP contribution in [0.5, 0.6) is 0 Å². The van der Waals surface area contributed by atoms with Gasteiger partial charge in [0.15, 0.2) is 26.9 Å². The maximum absolute atomic E-state index is 14.7. The van der Waals surface area contributed by atoms with E-state index in [0.717, 1.165) is 5.56 Å². The Kier molecular flexibility index (Phi) is 6.55. The average Bonchev–Trinajstić information content (AvgIpc) is 2.79. The molecule has 9 heteroatoms. The van der Waals surface area contributed by atoms with Crippen molar-refractivity contribution in [2.75, 3.05) is 6.61 Å². The fourth-order valence-corrected chi connectivity index (χ4v) is 4.43. The van der Waals surface area contributed by atoms with E-state index in [9.17, 15) is 17.9 Å². The number of aliphatic hydroxyl groups excluding tert-OH is 1. The number of rotatable bonds is 6. The lowest BCUT2D eigenvalue weighted by Gasteiger charge is -2.36. The minimum absolute atomic E-state index is 0.0687. The van der Waals surface area contributed by atoms with Crippen LogP contribution in [-0.2, 0) is 23.5 Å². The van der Waals surface area contributed by atoms with E-state index in [2.05, 4.69) is 20.8 Å². The van der Waals surface area contributed by atoms with Crippen LogP contribution in [0.3, 0.4) is 0 Å². The molecule has 0 radical (unpaired) electrons. The molecular weight excluding hydrogens is 391 g/mol. The van der Waals surface area contributed by atoms with Crippen LogP contribution >= 0.6 is 0 Å². The average molecular weight is 421 g/mol. The zero-order chi connectivity index (χ0) is 20.6. The zero-order valence-electron chi connectivity index (χ0n) is 16.6. The van der Waals surface area contributed by atoms with Gasteiger partial charge in [0.25, 0.3) is 10.1 Å². The summed E-state index contributed by atoms with van der Waals surface area (Å²) in [5.41, 5.74) is 0.879. The first-order valence-electron chi connectivity index (χ1n) is 8.86. The van der Waals surface area contributed by atoms with Gasteiger partial charge in [-0.3, -0.25) is 4.18 Å². The molecule has 6 nitrogen and oxygen atoms in total. The summed E-state index contributed by atoms with van der Waals surface area (Å²) in [4.78, 5) is -0.103. The van der Waals surface area contributed by atoms with Crippen LogP contribution in [0, 0.1) is 6.92 Å². The molecule has 2 rings (SSSR count). The van der Waals surface area contributed by atoms with Crippen LogP contribution in [0.25, 0.3) is 0 Å². The molecule has 1 N–H and O–H groups in total. The number of halogens is 1. The normalized spacial score (nSPS) is 27.1. The van der Waals surface area contributed by atoms with E-state index in [4.69, 9.17) is 13.3 Å². The van der Waals surface area contributed by atoms with Crippen molar-refractivity contribution in [1.29, 1.82) is 0 Å². The van der Waals surface area contributed by atoms with Gasteiger partial charge in [-0.25, -0.2) is 4.39 Å². The molecule has 0 unspecified atom stereocenters. The van der Waals surface area contributed by atoms with Crippen LogP contribution in [0.2, 0.25) is 18.1 Å². The number of aryl methyl sites for hydroxylation is 1. The molecule has 0 amide bonds. The molecule has 1 saturated heterocycles. The maximum atomic E-state index is 14.7. The summed E-state index contributed by atoms with van der Waals surface area (Å²) in [6.07, 6.45) is -6.24. The van der Waals surface area contributed by atoms with Crippen molar-refractivity contribution in [2.45, 2.75) is 75.4 Å². The Morgan fingerprint density at radius 1 is 1.22 bits per heavy atom. The third-order valence-corrected chi connectivity index (χ3v) is 11.1. The molecule has 27 heavy (non-hydrogen) atoms. The summed E-state index contributed by atoms with van der Waals surface area (Å²) in [5, 5.41) is 9.91. The van der Waals surface area contributed by atoms with E-state index in [1.807, 2.05) is 20.0 Å². The second-order valence-electron chi connectivity index (χ2n) is 8.41. The van der Waals surface area contributed by atoms with Gasteiger partial charge in [0.1, 0.15) is 6.10 Å². The Morgan fingerprint density at radius 3 is 2.30 bits per heavy atom. The summed E-state index contributed by atoms with van der Waals surface area (Å²) in [6.45, 7) is 11.9. The van der Waals surface area contributed by atoms with Gasteiger partial charge in [-0.1, -0.05) is 38.5 Å².